The molecule has 2 nitrogen and oxygen atoms in total. The maximum Gasteiger partial charge on any atom is 0.146 e. The lowest BCUT2D eigenvalue weighted by Crippen LogP contribution is -2.28. The standard InChI is InChI=1S/C13H19FN2S/c1-10(15)11-4-2-5-12(14)13(11)16-6-3-8-17-9-7-16/h2,4-5,10H,3,6-9,15H2,1H3/t10-/m0/s1. The van der Waals surface area contributed by atoms with Crippen molar-refractivity contribution in [3.05, 3.63) is 29.6 Å². The van der Waals surface area contributed by atoms with Gasteiger partial charge < -0.3 is 10.6 Å². The number of benzene rings is 1. The van der Waals surface area contributed by atoms with Crippen molar-refractivity contribution in [2.75, 3.05) is 29.5 Å². The van der Waals surface area contributed by atoms with Gasteiger partial charge in [-0.05, 0) is 30.7 Å². The lowest BCUT2D eigenvalue weighted by molar-refractivity contribution is 0.612. The average molecular weight is 254 g/mol. The second kappa shape index (κ2) is 5.74. The van der Waals surface area contributed by atoms with E-state index in [-0.39, 0.29) is 11.9 Å². The highest BCUT2D eigenvalue weighted by molar-refractivity contribution is 7.99. The molecule has 0 amide bonds. The number of halogens is 1. The Bertz CT molecular complexity index is 374. The minimum Gasteiger partial charge on any atom is -0.368 e. The van der Waals surface area contributed by atoms with E-state index in [9.17, 15) is 4.39 Å². The van der Waals surface area contributed by atoms with Gasteiger partial charge in [-0.3, -0.25) is 0 Å². The number of nitrogens with two attached hydrogens (primary N) is 1. The van der Waals surface area contributed by atoms with Crippen molar-refractivity contribution in [3.63, 3.8) is 0 Å². The van der Waals surface area contributed by atoms with E-state index in [0.29, 0.717) is 5.69 Å². The topological polar surface area (TPSA) is 29.3 Å². The normalized spacial score (nSPS) is 18.9. The van der Waals surface area contributed by atoms with Crippen molar-refractivity contribution < 1.29 is 4.39 Å². The van der Waals surface area contributed by atoms with Crippen molar-refractivity contribution in [1.82, 2.24) is 0 Å². The SMILES string of the molecule is C[C@H](N)c1cccc(F)c1N1CCCSCC1. The molecule has 17 heavy (non-hydrogen) atoms. The zero-order chi connectivity index (χ0) is 12.3. The minimum absolute atomic E-state index is 0.128. The molecule has 1 heterocycles. The fraction of sp³-hybridized carbons (Fsp3) is 0.538. The largest absolute Gasteiger partial charge is 0.368 e. The van der Waals surface area contributed by atoms with Crippen molar-refractivity contribution >= 4 is 17.4 Å². The number of thioether (sulfide) groups is 1. The average Bonchev–Trinajstić information content (AvgIpc) is 2.57. The summed E-state index contributed by atoms with van der Waals surface area (Å²) in [4.78, 5) is 2.15. The van der Waals surface area contributed by atoms with E-state index in [0.717, 1.165) is 30.8 Å². The third kappa shape index (κ3) is 2.93. The molecular formula is C13H19FN2S. The van der Waals surface area contributed by atoms with E-state index in [4.69, 9.17) is 5.73 Å². The Balaban J connectivity index is 2.34. The van der Waals surface area contributed by atoms with E-state index >= 15 is 0 Å². The molecule has 1 aromatic rings. The van der Waals surface area contributed by atoms with Crippen LogP contribution in [0, 0.1) is 5.82 Å². The number of hydrogen-bond acceptors (Lipinski definition) is 3. The van der Waals surface area contributed by atoms with Crippen LogP contribution in [-0.4, -0.2) is 24.6 Å². The first-order chi connectivity index (χ1) is 8.20. The first-order valence-electron chi connectivity index (χ1n) is 6.07. The Kier molecular flexibility index (Phi) is 4.29. The number of nitrogens with zero attached hydrogens (tertiary/aromatic N) is 1. The molecule has 0 saturated carbocycles. The van der Waals surface area contributed by atoms with Gasteiger partial charge in [-0.1, -0.05) is 12.1 Å². The molecule has 94 valence electrons. The van der Waals surface area contributed by atoms with E-state index in [2.05, 4.69) is 4.90 Å². The van der Waals surface area contributed by atoms with Crippen molar-refractivity contribution in [2.45, 2.75) is 19.4 Å². The molecule has 4 heteroatoms. The van der Waals surface area contributed by atoms with Crippen LogP contribution in [0.25, 0.3) is 0 Å². The van der Waals surface area contributed by atoms with E-state index in [1.54, 1.807) is 6.07 Å². The lowest BCUT2D eigenvalue weighted by atomic mass is 10.1. The molecule has 0 spiro atoms. The maximum absolute atomic E-state index is 14.0. The van der Waals surface area contributed by atoms with Crippen LogP contribution in [0.3, 0.4) is 0 Å². The van der Waals surface area contributed by atoms with Gasteiger partial charge in [0, 0.05) is 24.9 Å². The molecule has 2 rings (SSSR count). The Morgan fingerprint density at radius 2 is 2.18 bits per heavy atom. The van der Waals surface area contributed by atoms with Gasteiger partial charge in [0.05, 0.1) is 5.69 Å². The maximum atomic E-state index is 14.0. The van der Waals surface area contributed by atoms with E-state index in [1.807, 2.05) is 24.8 Å². The molecule has 1 aliphatic rings. The van der Waals surface area contributed by atoms with Gasteiger partial charge in [0.1, 0.15) is 5.82 Å². The molecular weight excluding hydrogens is 235 g/mol. The van der Waals surface area contributed by atoms with Gasteiger partial charge in [0.2, 0.25) is 0 Å². The summed E-state index contributed by atoms with van der Waals surface area (Å²) >= 11 is 1.94. The Labute approximate surface area is 106 Å². The number of para-hydroxylation sites is 1. The summed E-state index contributed by atoms with van der Waals surface area (Å²) in [5.41, 5.74) is 7.56. The van der Waals surface area contributed by atoms with E-state index < -0.39 is 0 Å². The molecule has 1 saturated heterocycles. The first kappa shape index (κ1) is 12.7. The van der Waals surface area contributed by atoms with Gasteiger partial charge in [-0.2, -0.15) is 11.8 Å². The van der Waals surface area contributed by atoms with Gasteiger partial charge in [-0.25, -0.2) is 4.39 Å². The molecule has 0 aliphatic carbocycles. The van der Waals surface area contributed by atoms with Gasteiger partial charge in [-0.15, -0.1) is 0 Å². The number of anilines is 1. The highest BCUT2D eigenvalue weighted by atomic mass is 32.2. The first-order valence-corrected chi connectivity index (χ1v) is 7.22. The molecule has 1 aromatic carbocycles. The van der Waals surface area contributed by atoms with Crippen molar-refractivity contribution in [1.29, 1.82) is 0 Å². The third-order valence-electron chi connectivity index (χ3n) is 3.05. The Morgan fingerprint density at radius 1 is 1.35 bits per heavy atom. The van der Waals surface area contributed by atoms with Crippen molar-refractivity contribution in [2.24, 2.45) is 5.73 Å². The second-order valence-electron chi connectivity index (χ2n) is 4.42. The summed E-state index contributed by atoms with van der Waals surface area (Å²) in [5, 5.41) is 0. The number of hydrogen-bond donors (Lipinski definition) is 1. The van der Waals surface area contributed by atoms with Gasteiger partial charge in [0.15, 0.2) is 0 Å². The smallest absolute Gasteiger partial charge is 0.146 e. The number of rotatable bonds is 2. The molecule has 1 aliphatic heterocycles. The van der Waals surface area contributed by atoms with Crippen molar-refractivity contribution in [3.8, 4) is 0 Å². The lowest BCUT2D eigenvalue weighted by Gasteiger charge is -2.26. The fourth-order valence-corrected chi connectivity index (χ4v) is 3.09. The molecule has 0 bridgehead atoms. The molecule has 2 N–H and O–H groups in total. The van der Waals surface area contributed by atoms with Crippen LogP contribution < -0.4 is 10.6 Å². The Hall–Kier alpha value is -0.740. The molecule has 0 aromatic heterocycles. The zero-order valence-corrected chi connectivity index (χ0v) is 11.0. The predicted molar refractivity (Wildman–Crippen MR) is 73.2 cm³/mol. The highest BCUT2D eigenvalue weighted by Gasteiger charge is 2.19. The fourth-order valence-electron chi connectivity index (χ4n) is 2.20. The third-order valence-corrected chi connectivity index (χ3v) is 4.10. The van der Waals surface area contributed by atoms with Crippen LogP contribution in [-0.2, 0) is 0 Å². The summed E-state index contributed by atoms with van der Waals surface area (Å²) in [6.07, 6.45) is 1.11. The van der Waals surface area contributed by atoms with Crippen LogP contribution in [0.5, 0.6) is 0 Å². The van der Waals surface area contributed by atoms with Crippen LogP contribution in [0.4, 0.5) is 10.1 Å². The van der Waals surface area contributed by atoms with Crippen LogP contribution >= 0.6 is 11.8 Å². The summed E-state index contributed by atoms with van der Waals surface area (Å²) in [5.74, 6) is 2.08. The van der Waals surface area contributed by atoms with Gasteiger partial charge >= 0.3 is 0 Å². The summed E-state index contributed by atoms with van der Waals surface area (Å²) in [6, 6.07) is 5.07. The van der Waals surface area contributed by atoms with E-state index in [1.165, 1.54) is 11.8 Å². The summed E-state index contributed by atoms with van der Waals surface area (Å²) in [7, 11) is 0. The molecule has 1 fully saturated rings. The second-order valence-corrected chi connectivity index (χ2v) is 5.64. The van der Waals surface area contributed by atoms with Crippen LogP contribution in [0.15, 0.2) is 18.2 Å². The van der Waals surface area contributed by atoms with Crippen LogP contribution in [0.2, 0.25) is 0 Å². The summed E-state index contributed by atoms with van der Waals surface area (Å²) < 4.78 is 14.0. The Morgan fingerprint density at radius 3 is 2.94 bits per heavy atom. The van der Waals surface area contributed by atoms with Gasteiger partial charge in [0.25, 0.3) is 0 Å². The monoisotopic (exact) mass is 254 g/mol. The highest BCUT2D eigenvalue weighted by Crippen LogP contribution is 2.29. The molecule has 0 unspecified atom stereocenters. The minimum atomic E-state index is -0.147. The predicted octanol–water partition coefficient (Wildman–Crippen LogP) is 2.79. The molecule has 1 atom stereocenters. The summed E-state index contributed by atoms with van der Waals surface area (Å²) in [6.45, 7) is 3.74. The van der Waals surface area contributed by atoms with Crippen LogP contribution in [0.1, 0.15) is 24.9 Å². The zero-order valence-electron chi connectivity index (χ0n) is 10.2. The quantitative estimate of drug-likeness (QED) is 0.880. The molecule has 0 radical (unpaired) electrons.